The van der Waals surface area contributed by atoms with Gasteiger partial charge >= 0.3 is 0 Å². The van der Waals surface area contributed by atoms with Crippen LogP contribution >= 0.6 is 0 Å². The Hall–Kier alpha value is -14.6. The first-order chi connectivity index (χ1) is 54.9. The molecule has 6 heteroatoms. The minimum atomic E-state index is -0.134. The largest absolute Gasteiger partial charge is 0.238 e. The molecular weight excluding hydrogens is 1360 g/mol. The topological polar surface area (TPSA) is 60.3 Å². The Morgan fingerprint density at radius 2 is 0.527 bits per heavy atom. The normalized spacial score (nSPS) is 12.4. The van der Waals surface area contributed by atoms with Crippen LogP contribution in [0.15, 0.2) is 376 Å². The van der Waals surface area contributed by atoms with Gasteiger partial charge in [0.15, 0.2) is 23.0 Å². The van der Waals surface area contributed by atoms with Gasteiger partial charge in [-0.05, 0) is 183 Å². The summed E-state index contributed by atoms with van der Waals surface area (Å²) in [6.07, 6.45) is 0. The van der Waals surface area contributed by atoms with Crippen LogP contribution < -0.4 is 0 Å². The van der Waals surface area contributed by atoms with Crippen LogP contribution in [0, 0.1) is 13.1 Å². The first-order valence-electron chi connectivity index (χ1n) is 37.9. The van der Waals surface area contributed by atoms with Crippen LogP contribution in [-0.4, -0.2) is 19.9 Å². The quantitative estimate of drug-likeness (QED) is 0.108. The Balaban J connectivity index is 0.000000157. The van der Waals surface area contributed by atoms with Crippen molar-refractivity contribution < 1.29 is 0 Å². The maximum absolute atomic E-state index is 7.64. The maximum Gasteiger partial charge on any atom is 0.187 e. The van der Waals surface area contributed by atoms with Gasteiger partial charge in [-0.25, -0.2) is 29.6 Å². The predicted octanol–water partition coefficient (Wildman–Crippen LogP) is 28.3. The van der Waals surface area contributed by atoms with Crippen molar-refractivity contribution in [2.75, 3.05) is 0 Å². The molecule has 528 valence electrons. The molecule has 0 aliphatic heterocycles. The number of rotatable bonds is 13. The van der Waals surface area contributed by atoms with Crippen molar-refractivity contribution in [2.24, 2.45) is 0 Å². The van der Waals surface area contributed by atoms with E-state index in [1.165, 1.54) is 38.9 Å². The van der Waals surface area contributed by atoms with E-state index in [2.05, 4.69) is 353 Å². The van der Waals surface area contributed by atoms with E-state index in [0.717, 1.165) is 140 Å². The summed E-state index contributed by atoms with van der Waals surface area (Å²) in [5.41, 5.74) is 36.6. The zero-order chi connectivity index (χ0) is 75.9. The van der Waals surface area contributed by atoms with Crippen LogP contribution in [0.5, 0.6) is 0 Å². The molecule has 0 fully saturated rings. The fraction of sp³-hybridized carbons (Fsp3) is 0.0566. The molecule has 15 aromatic carbocycles. The number of fused-ring (bicyclic) bond motifs is 6. The smallest absolute Gasteiger partial charge is 0.187 e. The molecule has 2 heterocycles. The van der Waals surface area contributed by atoms with E-state index in [9.17, 15) is 0 Å². The summed E-state index contributed by atoms with van der Waals surface area (Å²) in [6, 6.07) is 132. The van der Waals surface area contributed by atoms with Gasteiger partial charge in [0.1, 0.15) is 0 Å². The van der Waals surface area contributed by atoms with Gasteiger partial charge in [-0.15, -0.1) is 0 Å². The zero-order valence-electron chi connectivity index (χ0n) is 62.5. The third-order valence-electron chi connectivity index (χ3n) is 22.2. The fourth-order valence-corrected chi connectivity index (χ4v) is 16.4. The monoisotopic (exact) mass is 1430 g/mol. The van der Waals surface area contributed by atoms with Crippen LogP contribution in [0.4, 0.5) is 11.4 Å². The zero-order valence-corrected chi connectivity index (χ0v) is 62.5. The summed E-state index contributed by atoms with van der Waals surface area (Å²) < 4.78 is 0. The molecule has 112 heavy (non-hydrogen) atoms. The van der Waals surface area contributed by atoms with Crippen LogP contribution in [0.2, 0.25) is 0 Å². The first kappa shape index (κ1) is 69.2. The minimum absolute atomic E-state index is 0.109. The van der Waals surface area contributed by atoms with Crippen molar-refractivity contribution in [1.82, 2.24) is 19.9 Å². The predicted molar refractivity (Wildman–Crippen MR) is 462 cm³/mol. The highest BCUT2D eigenvalue weighted by Crippen LogP contribution is 2.54. The number of hydrogen-bond acceptors (Lipinski definition) is 4. The molecule has 17 aromatic rings. The maximum atomic E-state index is 7.64. The van der Waals surface area contributed by atoms with Crippen LogP contribution in [0.25, 0.3) is 178 Å². The molecule has 19 rings (SSSR count). The molecule has 0 N–H and O–H groups in total. The second-order valence-corrected chi connectivity index (χ2v) is 29.8. The SMILES string of the molecule is [C-]#[N+]c1ccc2c(c1)-c1c(-c3ccc(-c4cccc(-c5nc(-c6ccccc6)cc(-c6ccccc6-c6ccccc6)n5)c4)cc3)cccc1C2(C)C.[C-]#[N+]c1ccc2c(c1)-c1cc(-c3ccc(-c4cccc(-c5cc(-c6cc(-c7ccccc7)cc(-c7ccccc7)c6)nc(-c6ccccc6)n5)c4)cc3)ccc1C2(C)C. The van der Waals surface area contributed by atoms with Gasteiger partial charge < -0.3 is 0 Å². The summed E-state index contributed by atoms with van der Waals surface area (Å²) in [5.74, 6) is 1.37. The van der Waals surface area contributed by atoms with E-state index in [1.807, 2.05) is 60.7 Å². The van der Waals surface area contributed by atoms with E-state index in [1.54, 1.807) is 0 Å². The van der Waals surface area contributed by atoms with Gasteiger partial charge in [0, 0.05) is 44.2 Å². The van der Waals surface area contributed by atoms with Crippen molar-refractivity contribution in [1.29, 1.82) is 0 Å². The molecule has 6 nitrogen and oxygen atoms in total. The molecule has 0 atom stereocenters. The number of aromatic nitrogens is 4. The average Bonchev–Trinajstić information content (AvgIpc) is 1.58. The lowest BCUT2D eigenvalue weighted by molar-refractivity contribution is 0.660. The van der Waals surface area contributed by atoms with E-state index in [0.29, 0.717) is 23.0 Å². The Bertz CT molecular complexity index is 6480. The second-order valence-electron chi connectivity index (χ2n) is 29.8. The third-order valence-corrected chi connectivity index (χ3v) is 22.2. The van der Waals surface area contributed by atoms with Crippen molar-refractivity contribution in [2.45, 2.75) is 38.5 Å². The summed E-state index contributed by atoms with van der Waals surface area (Å²) >= 11 is 0. The molecule has 2 aliphatic rings. The summed E-state index contributed by atoms with van der Waals surface area (Å²) in [6.45, 7) is 24.3. The van der Waals surface area contributed by atoms with E-state index >= 15 is 0 Å². The fourth-order valence-electron chi connectivity index (χ4n) is 16.4. The number of benzene rings is 15. The lowest BCUT2D eigenvalue weighted by atomic mass is 9.82. The van der Waals surface area contributed by atoms with Gasteiger partial charge in [-0.1, -0.05) is 343 Å². The van der Waals surface area contributed by atoms with Crippen LogP contribution in [0.3, 0.4) is 0 Å². The summed E-state index contributed by atoms with van der Waals surface area (Å²) in [4.78, 5) is 28.2. The van der Waals surface area contributed by atoms with Gasteiger partial charge in [0.25, 0.3) is 0 Å². The molecule has 2 aromatic heterocycles. The molecule has 0 saturated heterocycles. The second kappa shape index (κ2) is 29.2. The Morgan fingerprint density at radius 1 is 0.196 bits per heavy atom. The van der Waals surface area contributed by atoms with Crippen molar-refractivity contribution in [3.8, 4) is 168 Å². The Labute approximate surface area is 654 Å². The van der Waals surface area contributed by atoms with Gasteiger partial charge in [0.2, 0.25) is 0 Å². The Morgan fingerprint density at radius 3 is 1.10 bits per heavy atom. The standard InChI is InChI=1S/C56H39N3.C50H35N3/c1-56(2)51-28-26-43(34-49(51)50-35-48(57-3)27-29-52(50)56)40-24-22-39(23-25-40)42-20-13-21-44(30-42)53-36-54(59-55(58-53)41-18-11-6-12-19-41)47-32-45(37-14-7-4-8-15-37)31-46(33-47)38-16-9-5-10-17-38;1-50(2)44-29-28-39(51-3)31-43(44)48-41(22-13-23-45(48)50)35-26-24-33(25-27-35)37-18-12-19-38(30-37)49-52-46(36-16-8-5-9-17-36)32-47(53-49)42-21-11-10-20-40(42)34-14-6-4-7-15-34/h4-36H,1-2H3;4-32H,1-2H3. The number of nitrogens with zero attached hydrogens (tertiary/aromatic N) is 6. The first-order valence-corrected chi connectivity index (χ1v) is 37.9. The van der Waals surface area contributed by atoms with Crippen molar-refractivity contribution in [3.63, 3.8) is 0 Å². The van der Waals surface area contributed by atoms with Gasteiger partial charge in [0.05, 0.1) is 35.9 Å². The lowest BCUT2D eigenvalue weighted by Gasteiger charge is -2.21. The molecule has 0 radical (unpaired) electrons. The summed E-state index contributed by atoms with van der Waals surface area (Å²) in [7, 11) is 0. The molecule has 0 spiro atoms. The van der Waals surface area contributed by atoms with Crippen LogP contribution in [0.1, 0.15) is 49.9 Å². The van der Waals surface area contributed by atoms with Crippen molar-refractivity contribution >= 4 is 11.4 Å². The molecule has 2 aliphatic carbocycles. The van der Waals surface area contributed by atoms with E-state index in [-0.39, 0.29) is 10.8 Å². The van der Waals surface area contributed by atoms with E-state index < -0.39 is 0 Å². The third kappa shape index (κ3) is 13.3. The molecule has 0 saturated carbocycles. The highest BCUT2D eigenvalue weighted by molar-refractivity contribution is 5.95. The Kier molecular flexibility index (Phi) is 18.0. The summed E-state index contributed by atoms with van der Waals surface area (Å²) in [5, 5.41) is 0. The van der Waals surface area contributed by atoms with Gasteiger partial charge in [-0.2, -0.15) is 0 Å². The van der Waals surface area contributed by atoms with E-state index in [4.69, 9.17) is 33.1 Å². The molecule has 0 amide bonds. The van der Waals surface area contributed by atoms with Crippen molar-refractivity contribution in [3.05, 3.63) is 421 Å². The average molecular weight is 1430 g/mol. The highest BCUT2D eigenvalue weighted by atomic mass is 14.9. The lowest BCUT2D eigenvalue weighted by Crippen LogP contribution is -2.14. The van der Waals surface area contributed by atoms with Gasteiger partial charge in [-0.3, -0.25) is 0 Å². The number of hydrogen-bond donors (Lipinski definition) is 0. The molecular formula is C106H74N6. The highest BCUT2D eigenvalue weighted by Gasteiger charge is 2.38. The minimum Gasteiger partial charge on any atom is -0.238 e. The van der Waals surface area contributed by atoms with Crippen LogP contribution in [-0.2, 0) is 10.8 Å². The molecule has 0 unspecified atom stereocenters. The molecule has 0 bridgehead atoms.